The summed E-state index contributed by atoms with van der Waals surface area (Å²) in [4.78, 5) is 30.6. The molecule has 3 rings (SSSR count). The Hall–Kier alpha value is -2.24. The first-order valence-corrected chi connectivity index (χ1v) is 4.62. The summed E-state index contributed by atoms with van der Waals surface area (Å²) in [5.74, 6) is -0.664. The van der Waals surface area contributed by atoms with Crippen molar-refractivity contribution < 1.29 is 19.1 Å². The molecule has 0 saturated carbocycles. The van der Waals surface area contributed by atoms with E-state index >= 15 is 0 Å². The highest BCUT2D eigenvalue weighted by molar-refractivity contribution is 6.13. The second kappa shape index (κ2) is 2.66. The van der Waals surface area contributed by atoms with Crippen LogP contribution in [0.5, 0.6) is 11.8 Å². The van der Waals surface area contributed by atoms with Crippen molar-refractivity contribution in [3.05, 3.63) is 10.7 Å². The van der Waals surface area contributed by atoms with Gasteiger partial charge in [-0.2, -0.15) is 0 Å². The van der Waals surface area contributed by atoms with E-state index in [0.717, 1.165) is 0 Å². The predicted molar refractivity (Wildman–Crippen MR) is 50.7 cm³/mol. The number of aromatic nitrogens is 2. The first kappa shape index (κ1) is 9.02. The summed E-state index contributed by atoms with van der Waals surface area (Å²) in [5, 5.41) is 0.678. The quantitative estimate of drug-likeness (QED) is 0.501. The lowest BCUT2D eigenvalue weighted by atomic mass is 10.3. The molecule has 0 spiro atoms. The van der Waals surface area contributed by atoms with Crippen LogP contribution in [0.4, 0.5) is 0 Å². The molecule has 0 amide bonds. The van der Waals surface area contributed by atoms with Crippen LogP contribution in [0.15, 0.2) is 0 Å². The van der Waals surface area contributed by atoms with Crippen molar-refractivity contribution in [2.75, 3.05) is 0 Å². The van der Waals surface area contributed by atoms with Crippen LogP contribution in [0.3, 0.4) is 0 Å². The molecule has 0 saturated heterocycles. The minimum atomic E-state index is -0.470. The van der Waals surface area contributed by atoms with Gasteiger partial charge in [0, 0.05) is 0 Å². The summed E-state index contributed by atoms with van der Waals surface area (Å²) in [5.41, 5.74) is 0.733. The van der Waals surface area contributed by atoms with Crippen LogP contribution < -0.4 is 20.2 Å². The molecule has 0 radical (unpaired) electrons. The molecular formula is C10H6N2O4. The standard InChI is InChI=1S/C10H6N2O4/c1-3-5-7(15-9(3)13)12-6-4(2)10(14)16-8(6)11-5/h1-2H3. The van der Waals surface area contributed by atoms with Gasteiger partial charge in [-0.3, -0.25) is 0 Å². The van der Waals surface area contributed by atoms with Crippen LogP contribution in [-0.4, -0.2) is 21.9 Å². The molecule has 0 aromatic carbocycles. The average Bonchev–Trinajstić information content (AvgIpc) is 2.67. The monoisotopic (exact) mass is 218 g/mol. The van der Waals surface area contributed by atoms with Crippen LogP contribution in [0.2, 0.25) is 0 Å². The van der Waals surface area contributed by atoms with E-state index in [1.165, 1.54) is 0 Å². The molecule has 1 aromatic rings. The molecule has 0 atom stereocenters. The van der Waals surface area contributed by atoms with E-state index in [1.54, 1.807) is 13.8 Å². The zero-order valence-electron chi connectivity index (χ0n) is 8.53. The van der Waals surface area contributed by atoms with E-state index in [2.05, 4.69) is 9.97 Å². The molecular weight excluding hydrogens is 212 g/mol. The van der Waals surface area contributed by atoms with Crippen LogP contribution in [0, 0.1) is 0 Å². The molecule has 2 aliphatic rings. The van der Waals surface area contributed by atoms with Crippen molar-refractivity contribution in [1.82, 2.24) is 9.97 Å². The zero-order chi connectivity index (χ0) is 11.4. The molecule has 3 heterocycles. The Kier molecular flexibility index (Phi) is 1.50. The van der Waals surface area contributed by atoms with Gasteiger partial charge in [0.25, 0.3) is 0 Å². The van der Waals surface area contributed by atoms with Gasteiger partial charge in [-0.25, -0.2) is 19.6 Å². The maximum atomic E-state index is 11.3. The van der Waals surface area contributed by atoms with Crippen LogP contribution in [-0.2, 0) is 9.59 Å². The predicted octanol–water partition coefficient (Wildman–Crippen LogP) is -1.34. The van der Waals surface area contributed by atoms with Gasteiger partial charge in [-0.1, -0.05) is 0 Å². The number of carbonyl (C=O) groups is 2. The summed E-state index contributed by atoms with van der Waals surface area (Å²) in [6.45, 7) is 3.17. The number of hydrogen-bond donors (Lipinski definition) is 0. The zero-order valence-corrected chi connectivity index (χ0v) is 8.53. The SMILES string of the molecule is CC1=c2nc3c(nc2OC1=O)=C(C)C(=O)O3. The van der Waals surface area contributed by atoms with E-state index < -0.39 is 11.9 Å². The Morgan fingerprint density at radius 2 is 1.19 bits per heavy atom. The second-order valence-electron chi connectivity index (χ2n) is 3.56. The van der Waals surface area contributed by atoms with Crippen molar-refractivity contribution in [1.29, 1.82) is 0 Å². The lowest BCUT2D eigenvalue weighted by Crippen LogP contribution is -2.19. The molecule has 0 bridgehead atoms. The lowest BCUT2D eigenvalue weighted by molar-refractivity contribution is -0.128. The second-order valence-corrected chi connectivity index (χ2v) is 3.56. The van der Waals surface area contributed by atoms with Crippen LogP contribution >= 0.6 is 0 Å². The number of fused-ring (bicyclic) bond motifs is 2. The molecule has 2 aliphatic heterocycles. The summed E-state index contributed by atoms with van der Waals surface area (Å²) < 4.78 is 9.80. The molecule has 0 aliphatic carbocycles. The normalized spacial score (nSPS) is 17.1. The number of hydrogen-bond acceptors (Lipinski definition) is 6. The van der Waals surface area contributed by atoms with Gasteiger partial charge in [-0.15, -0.1) is 0 Å². The fourth-order valence-corrected chi connectivity index (χ4v) is 1.56. The highest BCUT2D eigenvalue weighted by Gasteiger charge is 2.28. The van der Waals surface area contributed by atoms with Crippen molar-refractivity contribution in [3.63, 3.8) is 0 Å². The first-order chi connectivity index (χ1) is 7.58. The smallest absolute Gasteiger partial charge is 0.342 e. The van der Waals surface area contributed by atoms with E-state index in [1.807, 2.05) is 0 Å². The van der Waals surface area contributed by atoms with Crippen molar-refractivity contribution in [2.45, 2.75) is 13.8 Å². The Labute approximate surface area is 89.2 Å². The van der Waals surface area contributed by atoms with Gasteiger partial charge in [0.15, 0.2) is 0 Å². The van der Waals surface area contributed by atoms with Gasteiger partial charge >= 0.3 is 11.9 Å². The van der Waals surface area contributed by atoms with E-state index in [-0.39, 0.29) is 11.8 Å². The molecule has 1 aromatic heterocycles. The maximum Gasteiger partial charge on any atom is 0.342 e. The molecule has 0 fully saturated rings. The summed E-state index contributed by atoms with van der Waals surface area (Å²) in [7, 11) is 0. The van der Waals surface area contributed by atoms with Gasteiger partial charge < -0.3 is 9.47 Å². The number of rotatable bonds is 0. The Balaban J connectivity index is 2.41. The summed E-state index contributed by atoms with van der Waals surface area (Å²) in [6.07, 6.45) is 0. The van der Waals surface area contributed by atoms with Crippen LogP contribution in [0.1, 0.15) is 13.8 Å². The highest BCUT2D eigenvalue weighted by Crippen LogP contribution is 2.15. The van der Waals surface area contributed by atoms with Crippen molar-refractivity contribution in [3.8, 4) is 11.8 Å². The van der Waals surface area contributed by atoms with E-state index in [4.69, 9.17) is 9.47 Å². The van der Waals surface area contributed by atoms with Gasteiger partial charge in [-0.05, 0) is 13.8 Å². The molecule has 0 N–H and O–H groups in total. The van der Waals surface area contributed by atoms with Gasteiger partial charge in [0.05, 0.1) is 11.1 Å². The number of esters is 2. The minimum Gasteiger partial charge on any atom is -0.402 e. The Morgan fingerprint density at radius 3 is 1.56 bits per heavy atom. The molecule has 16 heavy (non-hydrogen) atoms. The number of ether oxygens (including phenoxy) is 2. The molecule has 80 valence electrons. The van der Waals surface area contributed by atoms with E-state index in [9.17, 15) is 9.59 Å². The third kappa shape index (κ3) is 0.955. The number of carbonyl (C=O) groups excluding carboxylic acids is 2. The third-order valence-corrected chi connectivity index (χ3v) is 2.53. The third-order valence-electron chi connectivity index (χ3n) is 2.53. The fraction of sp³-hybridized carbons (Fsp3) is 0.200. The maximum absolute atomic E-state index is 11.3. The average molecular weight is 218 g/mol. The van der Waals surface area contributed by atoms with Gasteiger partial charge in [0.1, 0.15) is 10.7 Å². The van der Waals surface area contributed by atoms with Crippen molar-refractivity contribution >= 4 is 23.1 Å². The Bertz CT molecular complexity index is 615. The molecule has 6 nitrogen and oxygen atoms in total. The number of nitrogens with zero attached hydrogens (tertiary/aromatic N) is 2. The van der Waals surface area contributed by atoms with Crippen molar-refractivity contribution in [2.24, 2.45) is 0 Å². The topological polar surface area (TPSA) is 78.4 Å². The molecule has 0 unspecified atom stereocenters. The van der Waals surface area contributed by atoms with E-state index in [0.29, 0.717) is 21.8 Å². The van der Waals surface area contributed by atoms with Gasteiger partial charge in [0.2, 0.25) is 11.8 Å². The largest absolute Gasteiger partial charge is 0.402 e. The fourth-order valence-electron chi connectivity index (χ4n) is 1.56. The first-order valence-electron chi connectivity index (χ1n) is 4.62. The minimum absolute atomic E-state index is 0.138. The highest BCUT2D eigenvalue weighted by atomic mass is 16.6. The molecule has 6 heteroatoms. The lowest BCUT2D eigenvalue weighted by Gasteiger charge is -1.94. The summed E-state index contributed by atoms with van der Waals surface area (Å²) >= 11 is 0. The van der Waals surface area contributed by atoms with Crippen LogP contribution in [0.25, 0.3) is 11.1 Å². The Morgan fingerprint density at radius 1 is 0.812 bits per heavy atom. The summed E-state index contributed by atoms with van der Waals surface area (Å²) in [6, 6.07) is 0.